The van der Waals surface area contributed by atoms with Crippen LogP contribution in [0.25, 0.3) is 10.9 Å². The quantitative estimate of drug-likeness (QED) is 0.910. The second-order valence-electron chi connectivity index (χ2n) is 6.47. The van der Waals surface area contributed by atoms with Gasteiger partial charge < -0.3 is 9.88 Å². The van der Waals surface area contributed by atoms with Crippen molar-refractivity contribution in [1.29, 1.82) is 0 Å². The van der Waals surface area contributed by atoms with Gasteiger partial charge in [-0.25, -0.2) is 0 Å². The Morgan fingerprint density at radius 3 is 2.95 bits per heavy atom. The van der Waals surface area contributed by atoms with Crippen LogP contribution in [-0.4, -0.2) is 21.0 Å². The maximum absolute atomic E-state index is 12.6. The van der Waals surface area contributed by atoms with E-state index in [0.29, 0.717) is 0 Å². The fourth-order valence-corrected chi connectivity index (χ4v) is 4.12. The van der Waals surface area contributed by atoms with Crippen molar-refractivity contribution in [1.82, 2.24) is 14.9 Å². The number of aromatic nitrogens is 2. The van der Waals surface area contributed by atoms with Crippen LogP contribution in [0.2, 0.25) is 0 Å². The molecule has 5 rings (SSSR count). The zero-order valence-corrected chi connectivity index (χ0v) is 11.9. The van der Waals surface area contributed by atoms with Gasteiger partial charge in [0.25, 0.3) is 5.91 Å². The Morgan fingerprint density at radius 1 is 1.50 bits per heavy atom. The van der Waals surface area contributed by atoms with Crippen LogP contribution in [0.15, 0.2) is 18.3 Å². The number of hydrogen-bond donors (Lipinski definition) is 1. The second-order valence-corrected chi connectivity index (χ2v) is 6.47. The summed E-state index contributed by atoms with van der Waals surface area (Å²) in [5, 5.41) is 4.36. The fourth-order valence-electron chi connectivity index (χ4n) is 4.12. The van der Waals surface area contributed by atoms with Gasteiger partial charge in [-0.15, -0.1) is 0 Å². The molecule has 1 amide bonds. The Balaban J connectivity index is 1.69. The van der Waals surface area contributed by atoms with E-state index in [1.165, 1.54) is 19.3 Å². The van der Waals surface area contributed by atoms with Crippen molar-refractivity contribution >= 4 is 16.8 Å². The molecule has 3 aliphatic carbocycles. The van der Waals surface area contributed by atoms with Crippen LogP contribution in [0.5, 0.6) is 0 Å². The average molecular weight is 269 g/mol. The molecule has 2 bridgehead atoms. The highest BCUT2D eigenvalue weighted by Gasteiger charge is 2.51. The van der Waals surface area contributed by atoms with Gasteiger partial charge in [-0.2, -0.15) is 0 Å². The first-order chi connectivity index (χ1) is 9.58. The van der Waals surface area contributed by atoms with Crippen LogP contribution in [0.3, 0.4) is 0 Å². The zero-order valence-electron chi connectivity index (χ0n) is 11.9. The molecule has 3 aliphatic rings. The van der Waals surface area contributed by atoms with Crippen LogP contribution >= 0.6 is 0 Å². The van der Waals surface area contributed by atoms with E-state index >= 15 is 0 Å². The minimum Gasteiger partial charge on any atom is -0.345 e. The van der Waals surface area contributed by atoms with Crippen molar-refractivity contribution in [2.24, 2.45) is 13.0 Å². The summed E-state index contributed by atoms with van der Waals surface area (Å²) in [6.07, 6.45) is 6.56. The molecule has 2 aromatic heterocycles. The first-order valence-electron chi connectivity index (χ1n) is 7.32. The van der Waals surface area contributed by atoms with E-state index in [2.05, 4.69) is 10.3 Å². The van der Waals surface area contributed by atoms with Crippen molar-refractivity contribution in [2.45, 2.75) is 38.1 Å². The summed E-state index contributed by atoms with van der Waals surface area (Å²) >= 11 is 0. The molecule has 2 aromatic rings. The largest absolute Gasteiger partial charge is 0.345 e. The molecule has 3 saturated carbocycles. The van der Waals surface area contributed by atoms with Crippen LogP contribution < -0.4 is 5.32 Å². The number of carbonyl (C=O) groups is 1. The van der Waals surface area contributed by atoms with Gasteiger partial charge in [0.15, 0.2) is 0 Å². The number of pyridine rings is 1. The van der Waals surface area contributed by atoms with Crippen molar-refractivity contribution < 1.29 is 4.79 Å². The van der Waals surface area contributed by atoms with Crippen LogP contribution in [0, 0.1) is 12.8 Å². The molecule has 3 fully saturated rings. The molecule has 104 valence electrons. The van der Waals surface area contributed by atoms with E-state index in [1.807, 2.05) is 30.7 Å². The standard InChI is InChI=1S/C16H19N3O/c1-10-14-12(4-6-17-10)7-13(19(14)2)15(20)18-16-5-3-11(8-16)9-16/h4,6-7,11H,3,5,8-9H2,1-2H3,(H,18,20). The molecule has 2 heterocycles. The zero-order chi connectivity index (χ0) is 13.9. The lowest BCUT2D eigenvalue weighted by molar-refractivity contribution is 0.0832. The number of aryl methyl sites for hydroxylation is 2. The fraction of sp³-hybridized carbons (Fsp3) is 0.500. The normalized spacial score (nSPS) is 27.6. The smallest absolute Gasteiger partial charge is 0.268 e. The molecule has 0 spiro atoms. The molecule has 4 heteroatoms. The number of amides is 1. The number of nitrogens with zero attached hydrogens (tertiary/aromatic N) is 2. The number of fused-ring (bicyclic) bond motifs is 2. The highest BCUT2D eigenvalue weighted by atomic mass is 16.2. The Hall–Kier alpha value is -1.84. The summed E-state index contributed by atoms with van der Waals surface area (Å²) < 4.78 is 1.97. The summed E-state index contributed by atoms with van der Waals surface area (Å²) in [6, 6.07) is 3.94. The lowest BCUT2D eigenvalue weighted by atomic mass is 9.77. The number of nitrogens with one attached hydrogen (secondary N) is 1. The maximum atomic E-state index is 12.6. The third-order valence-electron chi connectivity index (χ3n) is 5.13. The monoisotopic (exact) mass is 269 g/mol. The average Bonchev–Trinajstić information content (AvgIpc) is 3.02. The first-order valence-corrected chi connectivity index (χ1v) is 7.32. The Labute approximate surface area is 118 Å². The number of carbonyl (C=O) groups excluding carboxylic acids is 1. The minimum atomic E-state index is 0.0588. The van der Waals surface area contributed by atoms with Crippen LogP contribution in [0.1, 0.15) is 41.9 Å². The molecule has 1 N–H and O–H groups in total. The van der Waals surface area contributed by atoms with E-state index in [4.69, 9.17) is 0 Å². The van der Waals surface area contributed by atoms with Gasteiger partial charge in [-0.05, 0) is 50.7 Å². The van der Waals surface area contributed by atoms with Gasteiger partial charge in [0, 0.05) is 24.2 Å². The molecule has 0 atom stereocenters. The summed E-state index contributed by atoms with van der Waals surface area (Å²) in [7, 11) is 1.95. The second kappa shape index (κ2) is 3.84. The highest BCUT2D eigenvalue weighted by molar-refractivity contribution is 5.99. The highest BCUT2D eigenvalue weighted by Crippen LogP contribution is 2.51. The lowest BCUT2D eigenvalue weighted by Crippen LogP contribution is -2.52. The van der Waals surface area contributed by atoms with E-state index in [-0.39, 0.29) is 11.4 Å². The van der Waals surface area contributed by atoms with Crippen LogP contribution in [0.4, 0.5) is 0 Å². The molecule has 0 aliphatic heterocycles. The third-order valence-corrected chi connectivity index (χ3v) is 5.13. The van der Waals surface area contributed by atoms with E-state index in [1.54, 1.807) is 6.20 Å². The van der Waals surface area contributed by atoms with Gasteiger partial charge in [-0.3, -0.25) is 9.78 Å². The molecular formula is C16H19N3O. The molecule has 0 aromatic carbocycles. The summed E-state index contributed by atoms with van der Waals surface area (Å²) in [4.78, 5) is 16.9. The Kier molecular flexibility index (Phi) is 2.29. The Morgan fingerprint density at radius 2 is 2.30 bits per heavy atom. The van der Waals surface area contributed by atoms with E-state index in [0.717, 1.165) is 34.6 Å². The van der Waals surface area contributed by atoms with E-state index in [9.17, 15) is 4.79 Å². The van der Waals surface area contributed by atoms with Gasteiger partial charge in [0.2, 0.25) is 0 Å². The molecular weight excluding hydrogens is 250 g/mol. The molecule has 0 saturated heterocycles. The predicted octanol–water partition coefficient (Wildman–Crippen LogP) is 2.55. The van der Waals surface area contributed by atoms with Crippen molar-refractivity contribution in [3.05, 3.63) is 29.7 Å². The van der Waals surface area contributed by atoms with Gasteiger partial charge in [-0.1, -0.05) is 0 Å². The first kappa shape index (κ1) is 11.9. The predicted molar refractivity (Wildman–Crippen MR) is 77.6 cm³/mol. The summed E-state index contributed by atoms with van der Waals surface area (Å²) in [6.45, 7) is 1.98. The van der Waals surface area contributed by atoms with Crippen molar-refractivity contribution in [3.63, 3.8) is 0 Å². The number of hydrogen-bond acceptors (Lipinski definition) is 2. The lowest BCUT2D eigenvalue weighted by Gasteiger charge is -2.39. The molecule has 20 heavy (non-hydrogen) atoms. The van der Waals surface area contributed by atoms with E-state index < -0.39 is 0 Å². The Bertz CT molecular complexity index is 704. The molecule has 0 radical (unpaired) electrons. The summed E-state index contributed by atoms with van der Waals surface area (Å²) in [5.74, 6) is 0.915. The van der Waals surface area contributed by atoms with Crippen LogP contribution in [-0.2, 0) is 7.05 Å². The molecule has 4 nitrogen and oxygen atoms in total. The number of rotatable bonds is 2. The maximum Gasteiger partial charge on any atom is 0.268 e. The molecule has 0 unspecified atom stereocenters. The SMILES string of the molecule is Cc1nccc2cc(C(=O)NC34CCC(C3)C4)n(C)c12. The van der Waals surface area contributed by atoms with Crippen molar-refractivity contribution in [2.75, 3.05) is 0 Å². The topological polar surface area (TPSA) is 46.9 Å². The summed E-state index contributed by atoms with van der Waals surface area (Å²) in [5.41, 5.74) is 2.85. The van der Waals surface area contributed by atoms with Gasteiger partial charge in [0.1, 0.15) is 5.69 Å². The van der Waals surface area contributed by atoms with Gasteiger partial charge in [0.05, 0.1) is 11.2 Å². The van der Waals surface area contributed by atoms with Gasteiger partial charge >= 0.3 is 0 Å². The third kappa shape index (κ3) is 1.54. The van der Waals surface area contributed by atoms with Crippen molar-refractivity contribution in [3.8, 4) is 0 Å². The minimum absolute atomic E-state index is 0.0588.